The Bertz CT molecular complexity index is 844. The fourth-order valence-electron chi connectivity index (χ4n) is 4.63. The Labute approximate surface area is 163 Å². The third-order valence-electron chi connectivity index (χ3n) is 5.83. The largest absolute Gasteiger partial charge is 0.337 e. The maximum Gasteiger partial charge on any atom is 0.275 e. The molecule has 2 aromatic rings. The van der Waals surface area contributed by atoms with Gasteiger partial charge in [0.15, 0.2) is 11.5 Å². The molecule has 0 aliphatic carbocycles. The Morgan fingerprint density at radius 1 is 1.14 bits per heavy atom. The van der Waals surface area contributed by atoms with Crippen LogP contribution in [0.5, 0.6) is 0 Å². The van der Waals surface area contributed by atoms with Crippen molar-refractivity contribution >= 4 is 5.91 Å². The smallest absolute Gasteiger partial charge is 0.275 e. The second-order valence-corrected chi connectivity index (χ2v) is 7.99. The highest BCUT2D eigenvalue weighted by Gasteiger charge is 2.41. The first-order chi connectivity index (χ1) is 13.5. The molecule has 0 N–H and O–H groups in total. The zero-order valence-corrected chi connectivity index (χ0v) is 15.8. The van der Waals surface area contributed by atoms with Gasteiger partial charge in [0.2, 0.25) is 0 Å². The first-order valence-corrected chi connectivity index (χ1v) is 9.76. The highest BCUT2D eigenvalue weighted by Crippen LogP contribution is 2.39. The molecule has 0 bridgehead atoms. The van der Waals surface area contributed by atoms with Gasteiger partial charge in [-0.2, -0.15) is 0 Å². The van der Waals surface area contributed by atoms with E-state index in [4.69, 9.17) is 0 Å². The lowest BCUT2D eigenvalue weighted by atomic mass is 9.73. The number of nitrogens with zero attached hydrogens (tertiary/aromatic N) is 4. The summed E-state index contributed by atoms with van der Waals surface area (Å²) in [6.07, 6.45) is 8.63. The van der Waals surface area contributed by atoms with E-state index in [1.165, 1.54) is 5.56 Å². The van der Waals surface area contributed by atoms with Crippen LogP contribution in [0.25, 0.3) is 0 Å². The van der Waals surface area contributed by atoms with E-state index in [1.807, 2.05) is 12.3 Å². The van der Waals surface area contributed by atoms with Crippen LogP contribution < -0.4 is 0 Å². The number of carbonyl (C=O) groups is 1. The Hall–Kier alpha value is -2.41. The summed E-state index contributed by atoms with van der Waals surface area (Å²) in [6.45, 7) is 3.96. The standard InChI is InChI=1S/C21H24F2N4O/c22-17-10-18(23)19(25-12-17)20(28)27-9-3-6-21(15-27)5-2-8-26(14-21)13-16-4-1-7-24-11-16/h1,4,7,10-12H,2-3,5-6,8-9,13-15H2. The van der Waals surface area contributed by atoms with Crippen LogP contribution in [0.1, 0.15) is 41.7 Å². The predicted molar refractivity (Wildman–Crippen MR) is 100 cm³/mol. The van der Waals surface area contributed by atoms with Crippen molar-refractivity contribution < 1.29 is 13.6 Å². The lowest BCUT2D eigenvalue weighted by Gasteiger charge is -2.48. The molecule has 1 unspecified atom stereocenters. The minimum absolute atomic E-state index is 0.0187. The minimum atomic E-state index is -0.897. The average Bonchev–Trinajstić information content (AvgIpc) is 2.68. The third-order valence-corrected chi connectivity index (χ3v) is 5.83. The minimum Gasteiger partial charge on any atom is -0.337 e. The summed E-state index contributed by atoms with van der Waals surface area (Å²) < 4.78 is 27.2. The van der Waals surface area contributed by atoms with E-state index in [1.54, 1.807) is 11.1 Å². The van der Waals surface area contributed by atoms with Crippen molar-refractivity contribution in [1.29, 1.82) is 0 Å². The second kappa shape index (κ2) is 7.91. The summed E-state index contributed by atoms with van der Waals surface area (Å²) in [5.74, 6) is -2.12. The summed E-state index contributed by atoms with van der Waals surface area (Å²) in [5.41, 5.74) is 0.910. The average molecular weight is 386 g/mol. The van der Waals surface area contributed by atoms with Crippen molar-refractivity contribution in [2.75, 3.05) is 26.2 Å². The van der Waals surface area contributed by atoms with E-state index in [0.717, 1.165) is 57.6 Å². The SMILES string of the molecule is O=C(c1ncc(F)cc1F)N1CCCC2(CCCN(Cc3cccnc3)C2)C1. The summed E-state index contributed by atoms with van der Waals surface area (Å²) in [5, 5.41) is 0. The summed E-state index contributed by atoms with van der Waals surface area (Å²) in [4.78, 5) is 24.8. The van der Waals surface area contributed by atoms with Crippen molar-refractivity contribution in [2.45, 2.75) is 32.2 Å². The molecule has 1 amide bonds. The van der Waals surface area contributed by atoms with Gasteiger partial charge in [-0.15, -0.1) is 0 Å². The summed E-state index contributed by atoms with van der Waals surface area (Å²) in [6, 6.07) is 4.74. The van der Waals surface area contributed by atoms with Crippen LogP contribution in [-0.4, -0.2) is 51.9 Å². The van der Waals surface area contributed by atoms with Gasteiger partial charge in [0, 0.05) is 50.1 Å². The van der Waals surface area contributed by atoms with Gasteiger partial charge in [-0.3, -0.25) is 14.7 Å². The fraction of sp³-hybridized carbons (Fsp3) is 0.476. The van der Waals surface area contributed by atoms with Crippen LogP contribution in [0.15, 0.2) is 36.8 Å². The molecule has 2 fully saturated rings. The van der Waals surface area contributed by atoms with Crippen LogP contribution >= 0.6 is 0 Å². The number of aromatic nitrogens is 2. The molecule has 0 radical (unpaired) electrons. The number of piperidine rings is 2. The Kier molecular flexibility index (Phi) is 5.35. The molecule has 4 heterocycles. The molecule has 2 aliphatic heterocycles. The molecular formula is C21H24F2N4O. The van der Waals surface area contributed by atoms with E-state index in [9.17, 15) is 13.6 Å². The summed E-state index contributed by atoms with van der Waals surface area (Å²) >= 11 is 0. The molecule has 7 heteroatoms. The number of rotatable bonds is 3. The third kappa shape index (κ3) is 4.04. The van der Waals surface area contributed by atoms with E-state index < -0.39 is 17.5 Å². The first kappa shape index (κ1) is 18.9. The van der Waals surface area contributed by atoms with Gasteiger partial charge in [-0.1, -0.05) is 6.07 Å². The van der Waals surface area contributed by atoms with Gasteiger partial charge in [-0.25, -0.2) is 13.8 Å². The highest BCUT2D eigenvalue weighted by molar-refractivity contribution is 5.92. The van der Waals surface area contributed by atoms with E-state index in [0.29, 0.717) is 13.1 Å². The maximum absolute atomic E-state index is 14.0. The Morgan fingerprint density at radius 2 is 1.96 bits per heavy atom. The van der Waals surface area contributed by atoms with Crippen molar-refractivity contribution in [2.24, 2.45) is 5.41 Å². The zero-order valence-electron chi connectivity index (χ0n) is 15.8. The van der Waals surface area contributed by atoms with Gasteiger partial charge in [0.1, 0.15) is 5.82 Å². The molecule has 5 nitrogen and oxygen atoms in total. The van der Waals surface area contributed by atoms with Crippen LogP contribution in [0.3, 0.4) is 0 Å². The van der Waals surface area contributed by atoms with Crippen molar-refractivity contribution in [3.05, 3.63) is 59.7 Å². The molecule has 1 spiro atoms. The van der Waals surface area contributed by atoms with Gasteiger partial charge in [-0.05, 0) is 43.9 Å². The normalized spacial score (nSPS) is 23.1. The number of halogens is 2. The Morgan fingerprint density at radius 3 is 2.71 bits per heavy atom. The lowest BCUT2D eigenvalue weighted by Crippen LogP contribution is -2.53. The van der Waals surface area contributed by atoms with Crippen molar-refractivity contribution in [3.63, 3.8) is 0 Å². The lowest BCUT2D eigenvalue weighted by molar-refractivity contribution is 0.0108. The van der Waals surface area contributed by atoms with E-state index in [2.05, 4.69) is 20.9 Å². The van der Waals surface area contributed by atoms with Crippen LogP contribution in [0.2, 0.25) is 0 Å². The monoisotopic (exact) mass is 386 g/mol. The molecule has 2 aliphatic rings. The first-order valence-electron chi connectivity index (χ1n) is 9.76. The van der Waals surface area contributed by atoms with Crippen molar-refractivity contribution in [3.8, 4) is 0 Å². The molecule has 28 heavy (non-hydrogen) atoms. The zero-order chi connectivity index (χ0) is 19.6. The van der Waals surface area contributed by atoms with Gasteiger partial charge >= 0.3 is 0 Å². The molecule has 1 atom stereocenters. The van der Waals surface area contributed by atoms with Gasteiger partial charge < -0.3 is 4.90 Å². The summed E-state index contributed by atoms with van der Waals surface area (Å²) in [7, 11) is 0. The van der Waals surface area contributed by atoms with Gasteiger partial charge in [0.25, 0.3) is 5.91 Å². The molecule has 2 aromatic heterocycles. The number of pyridine rings is 2. The number of carbonyl (C=O) groups excluding carboxylic acids is 1. The predicted octanol–water partition coefficient (Wildman–Crippen LogP) is 3.27. The number of likely N-dealkylation sites (tertiary alicyclic amines) is 2. The molecule has 148 valence electrons. The highest BCUT2D eigenvalue weighted by atomic mass is 19.1. The second-order valence-electron chi connectivity index (χ2n) is 7.99. The fourth-order valence-corrected chi connectivity index (χ4v) is 4.63. The van der Waals surface area contributed by atoms with Crippen molar-refractivity contribution in [1.82, 2.24) is 19.8 Å². The molecule has 2 saturated heterocycles. The van der Waals surface area contributed by atoms with Crippen LogP contribution in [-0.2, 0) is 6.54 Å². The quantitative estimate of drug-likeness (QED) is 0.812. The van der Waals surface area contributed by atoms with Crippen LogP contribution in [0, 0.1) is 17.0 Å². The van der Waals surface area contributed by atoms with E-state index >= 15 is 0 Å². The number of hydrogen-bond acceptors (Lipinski definition) is 4. The van der Waals surface area contributed by atoms with Crippen LogP contribution in [0.4, 0.5) is 8.78 Å². The Balaban J connectivity index is 1.46. The molecule has 0 saturated carbocycles. The molecule has 0 aromatic carbocycles. The van der Waals surface area contributed by atoms with Gasteiger partial charge in [0.05, 0.1) is 6.20 Å². The molecule has 4 rings (SSSR count). The topological polar surface area (TPSA) is 49.3 Å². The maximum atomic E-state index is 14.0. The number of hydrogen-bond donors (Lipinski definition) is 0. The molecular weight excluding hydrogens is 362 g/mol. The van der Waals surface area contributed by atoms with E-state index in [-0.39, 0.29) is 11.1 Å². The number of amides is 1.